The summed E-state index contributed by atoms with van der Waals surface area (Å²) >= 11 is 1.68. The van der Waals surface area contributed by atoms with Crippen molar-refractivity contribution in [2.24, 2.45) is 0 Å². The van der Waals surface area contributed by atoms with E-state index in [1.165, 1.54) is 0 Å². The van der Waals surface area contributed by atoms with Gasteiger partial charge >= 0.3 is 0 Å². The first-order valence-electron chi connectivity index (χ1n) is 9.19. The molecule has 4 nitrogen and oxygen atoms in total. The van der Waals surface area contributed by atoms with Crippen molar-refractivity contribution in [3.63, 3.8) is 0 Å². The predicted octanol–water partition coefficient (Wildman–Crippen LogP) is 3.38. The maximum absolute atomic E-state index is 12.6. The van der Waals surface area contributed by atoms with E-state index in [2.05, 4.69) is 33.9 Å². The van der Waals surface area contributed by atoms with Crippen LogP contribution in [0.1, 0.15) is 17.0 Å². The van der Waals surface area contributed by atoms with Gasteiger partial charge in [0, 0.05) is 49.2 Å². The van der Waals surface area contributed by atoms with Gasteiger partial charge in [0.25, 0.3) is 5.91 Å². The molecule has 0 unspecified atom stereocenters. The average Bonchev–Trinajstić information content (AvgIpc) is 3.10. The van der Waals surface area contributed by atoms with Gasteiger partial charge in [-0.2, -0.15) is 0 Å². The molecule has 1 amide bonds. The summed E-state index contributed by atoms with van der Waals surface area (Å²) in [6.45, 7) is 4.19. The van der Waals surface area contributed by atoms with Gasteiger partial charge < -0.3 is 4.90 Å². The number of carbonyl (C=O) groups excluding carboxylic acids is 1. The third kappa shape index (κ3) is 4.36. The molecule has 136 valence electrons. The van der Waals surface area contributed by atoms with Crippen molar-refractivity contribution in [3.05, 3.63) is 64.6 Å². The number of rotatable bonds is 2. The van der Waals surface area contributed by atoms with Crippen molar-refractivity contribution in [2.75, 3.05) is 26.2 Å². The van der Waals surface area contributed by atoms with Gasteiger partial charge in [0.15, 0.2) is 0 Å². The maximum atomic E-state index is 12.6. The predicted molar refractivity (Wildman–Crippen MR) is 109 cm³/mol. The van der Waals surface area contributed by atoms with Crippen LogP contribution in [0.4, 0.5) is 0 Å². The molecule has 3 aromatic rings. The summed E-state index contributed by atoms with van der Waals surface area (Å²) in [5, 5.41) is 5.37. The Morgan fingerprint density at radius 1 is 1.07 bits per heavy atom. The summed E-state index contributed by atoms with van der Waals surface area (Å²) in [5.41, 5.74) is 0.904. The lowest BCUT2D eigenvalue weighted by atomic mass is 10.1. The SMILES string of the molecule is O=C(C#Cc1cccc2ccccc12)N1CCCN(Cc2nccs2)CC1. The van der Waals surface area contributed by atoms with Crippen molar-refractivity contribution in [1.82, 2.24) is 14.8 Å². The third-order valence-corrected chi connectivity index (χ3v) is 5.58. The molecule has 1 fully saturated rings. The molecule has 0 spiro atoms. The van der Waals surface area contributed by atoms with Crippen molar-refractivity contribution in [1.29, 1.82) is 0 Å². The molecule has 2 heterocycles. The van der Waals surface area contributed by atoms with Crippen molar-refractivity contribution < 1.29 is 4.79 Å². The third-order valence-electron chi connectivity index (χ3n) is 4.81. The van der Waals surface area contributed by atoms with Gasteiger partial charge in [0.1, 0.15) is 5.01 Å². The summed E-state index contributed by atoms with van der Waals surface area (Å²) in [5.74, 6) is 5.86. The number of benzene rings is 2. The summed E-state index contributed by atoms with van der Waals surface area (Å²) in [6.07, 6.45) is 2.81. The zero-order valence-corrected chi connectivity index (χ0v) is 15.9. The van der Waals surface area contributed by atoms with Crippen LogP contribution in [-0.2, 0) is 11.3 Å². The first-order chi connectivity index (χ1) is 13.3. The molecule has 0 N–H and O–H groups in total. The number of hydrogen-bond donors (Lipinski definition) is 0. The molecule has 27 heavy (non-hydrogen) atoms. The molecule has 0 aliphatic carbocycles. The van der Waals surface area contributed by atoms with E-state index in [1.807, 2.05) is 46.8 Å². The minimum absolute atomic E-state index is 0.0842. The Kier molecular flexibility index (Phi) is 5.47. The zero-order chi connectivity index (χ0) is 18.5. The van der Waals surface area contributed by atoms with Gasteiger partial charge in [-0.1, -0.05) is 42.3 Å². The van der Waals surface area contributed by atoms with Crippen LogP contribution in [0.2, 0.25) is 0 Å². The average molecular weight is 375 g/mol. The standard InChI is InChI=1S/C22H21N3OS/c26-22(10-9-19-7-3-6-18-5-1-2-8-20(18)19)25-13-4-12-24(14-15-25)17-21-23-11-16-27-21/h1-3,5-8,11,16H,4,12-15,17H2. The monoisotopic (exact) mass is 375 g/mol. The lowest BCUT2D eigenvalue weighted by Gasteiger charge is -2.19. The largest absolute Gasteiger partial charge is 0.331 e. The molecule has 0 saturated carbocycles. The highest BCUT2D eigenvalue weighted by atomic mass is 32.1. The van der Waals surface area contributed by atoms with Crippen molar-refractivity contribution >= 4 is 28.0 Å². The molecule has 0 radical (unpaired) electrons. The van der Waals surface area contributed by atoms with E-state index < -0.39 is 0 Å². The van der Waals surface area contributed by atoms with Gasteiger partial charge in [0.05, 0.1) is 6.54 Å². The Morgan fingerprint density at radius 3 is 2.85 bits per heavy atom. The number of amides is 1. The smallest absolute Gasteiger partial charge is 0.298 e. The fourth-order valence-corrected chi connectivity index (χ4v) is 4.05. The van der Waals surface area contributed by atoms with Crippen LogP contribution in [0.15, 0.2) is 54.0 Å². The fraction of sp³-hybridized carbons (Fsp3) is 0.273. The topological polar surface area (TPSA) is 36.4 Å². The summed E-state index contributed by atoms with van der Waals surface area (Å²) < 4.78 is 0. The molecule has 0 atom stereocenters. The van der Waals surface area contributed by atoms with Gasteiger partial charge in [0.2, 0.25) is 0 Å². The molecule has 5 heteroatoms. The molecular formula is C22H21N3OS. The van der Waals surface area contributed by atoms with E-state index in [-0.39, 0.29) is 5.91 Å². The van der Waals surface area contributed by atoms with E-state index in [4.69, 9.17) is 0 Å². The molecule has 1 aromatic heterocycles. The molecule has 1 saturated heterocycles. The molecule has 1 aliphatic rings. The van der Waals surface area contributed by atoms with E-state index in [0.29, 0.717) is 6.54 Å². The van der Waals surface area contributed by atoms with Crippen LogP contribution in [0, 0.1) is 11.8 Å². The van der Waals surface area contributed by atoms with Gasteiger partial charge in [-0.15, -0.1) is 11.3 Å². The first-order valence-corrected chi connectivity index (χ1v) is 10.1. The first kappa shape index (κ1) is 17.7. The number of hydrogen-bond acceptors (Lipinski definition) is 4. The molecule has 1 aliphatic heterocycles. The second-order valence-corrected chi connectivity index (χ2v) is 7.60. The number of nitrogens with zero attached hydrogens (tertiary/aromatic N) is 3. The molecule has 4 rings (SSSR count). The van der Waals surface area contributed by atoms with E-state index in [9.17, 15) is 4.79 Å². The summed E-state index contributed by atoms with van der Waals surface area (Å²) in [7, 11) is 0. The highest BCUT2D eigenvalue weighted by molar-refractivity contribution is 7.09. The Morgan fingerprint density at radius 2 is 1.96 bits per heavy atom. The highest BCUT2D eigenvalue weighted by Crippen LogP contribution is 2.17. The van der Waals surface area contributed by atoms with Crippen molar-refractivity contribution in [2.45, 2.75) is 13.0 Å². The van der Waals surface area contributed by atoms with Gasteiger partial charge in [-0.3, -0.25) is 9.69 Å². The Hall–Kier alpha value is -2.68. The van der Waals surface area contributed by atoms with Crippen LogP contribution in [0.5, 0.6) is 0 Å². The maximum Gasteiger partial charge on any atom is 0.298 e. The lowest BCUT2D eigenvalue weighted by Crippen LogP contribution is -2.34. The van der Waals surface area contributed by atoms with Gasteiger partial charge in [-0.05, 0) is 23.3 Å². The normalized spacial score (nSPS) is 15.2. The second kappa shape index (κ2) is 8.34. The number of carbonyl (C=O) groups is 1. The van der Waals surface area contributed by atoms with Crippen LogP contribution in [0.25, 0.3) is 10.8 Å². The fourth-order valence-electron chi connectivity index (χ4n) is 3.39. The van der Waals surface area contributed by atoms with Crippen LogP contribution in [0.3, 0.4) is 0 Å². The Bertz CT molecular complexity index is 982. The Balaban J connectivity index is 1.42. The number of thiazole rings is 1. The number of fused-ring (bicyclic) bond motifs is 1. The molecule has 2 aromatic carbocycles. The summed E-state index contributed by atoms with van der Waals surface area (Å²) in [6, 6.07) is 14.1. The van der Waals surface area contributed by atoms with Crippen LogP contribution >= 0.6 is 11.3 Å². The quantitative estimate of drug-likeness (QED) is 0.644. The van der Waals surface area contributed by atoms with Crippen molar-refractivity contribution in [3.8, 4) is 11.8 Å². The Labute approximate surface area is 163 Å². The minimum Gasteiger partial charge on any atom is -0.331 e. The zero-order valence-electron chi connectivity index (χ0n) is 15.1. The number of aromatic nitrogens is 1. The highest BCUT2D eigenvalue weighted by Gasteiger charge is 2.18. The van der Waals surface area contributed by atoms with E-state index >= 15 is 0 Å². The minimum atomic E-state index is -0.0842. The van der Waals surface area contributed by atoms with Crippen LogP contribution < -0.4 is 0 Å². The molecular weight excluding hydrogens is 354 g/mol. The van der Waals surface area contributed by atoms with Gasteiger partial charge in [-0.25, -0.2) is 4.98 Å². The second-order valence-electron chi connectivity index (χ2n) is 6.62. The summed E-state index contributed by atoms with van der Waals surface area (Å²) in [4.78, 5) is 21.2. The van der Waals surface area contributed by atoms with E-state index in [1.54, 1.807) is 11.3 Å². The van der Waals surface area contributed by atoms with E-state index in [0.717, 1.165) is 53.9 Å². The van der Waals surface area contributed by atoms with Crippen LogP contribution in [-0.4, -0.2) is 46.9 Å². The lowest BCUT2D eigenvalue weighted by molar-refractivity contribution is -0.125. The molecule has 0 bridgehead atoms.